The second-order valence-corrected chi connectivity index (χ2v) is 7.42. The van der Waals surface area contributed by atoms with Crippen LogP contribution in [0, 0.1) is 6.92 Å². The number of thiazole rings is 1. The first-order valence-electron chi connectivity index (χ1n) is 9.01. The molecule has 3 rings (SSSR count). The highest BCUT2D eigenvalue weighted by atomic mass is 32.1. The van der Waals surface area contributed by atoms with Crippen LogP contribution < -0.4 is 5.32 Å². The number of aryl methyl sites for hydroxylation is 1. The maximum Gasteiger partial charge on any atom is 0.257 e. The predicted octanol–water partition coefficient (Wildman–Crippen LogP) is 5.28. The highest BCUT2D eigenvalue weighted by Gasteiger charge is 2.16. The number of anilines is 1. The van der Waals surface area contributed by atoms with Crippen molar-refractivity contribution >= 4 is 28.2 Å². The molecule has 0 aliphatic rings. The Morgan fingerprint density at radius 3 is 2.33 bits per heavy atom. The van der Waals surface area contributed by atoms with Crippen LogP contribution in [0.1, 0.15) is 56.6 Å². The predicted molar refractivity (Wildman–Crippen MR) is 110 cm³/mol. The third kappa shape index (κ3) is 4.89. The molecule has 0 bridgehead atoms. The normalized spacial score (nSPS) is 10.6. The van der Waals surface area contributed by atoms with Gasteiger partial charge in [0.05, 0.1) is 10.6 Å². The van der Waals surface area contributed by atoms with Crippen molar-refractivity contribution in [3.8, 4) is 0 Å². The van der Waals surface area contributed by atoms with E-state index in [0.29, 0.717) is 27.7 Å². The Hall–Kier alpha value is -2.79. The lowest BCUT2D eigenvalue weighted by molar-refractivity contribution is 0.0983. The SMILES string of the molecule is CCCC(=O)c1sc(NC(=O)c2ccc(Cc3ccccc3)cc2)nc1C. The highest BCUT2D eigenvalue weighted by Crippen LogP contribution is 2.25. The van der Waals surface area contributed by atoms with Gasteiger partial charge in [0.1, 0.15) is 0 Å². The molecule has 27 heavy (non-hydrogen) atoms. The van der Waals surface area contributed by atoms with Gasteiger partial charge in [0.2, 0.25) is 0 Å². The number of rotatable bonds is 7. The summed E-state index contributed by atoms with van der Waals surface area (Å²) in [6, 6.07) is 17.8. The number of Topliss-reactive ketones (excluding diaryl/α,β-unsaturated/α-hetero) is 1. The van der Waals surface area contributed by atoms with Crippen LogP contribution in [0.3, 0.4) is 0 Å². The number of carbonyl (C=O) groups excluding carboxylic acids is 2. The third-order valence-corrected chi connectivity index (χ3v) is 5.33. The van der Waals surface area contributed by atoms with E-state index in [1.54, 1.807) is 6.92 Å². The monoisotopic (exact) mass is 378 g/mol. The van der Waals surface area contributed by atoms with Crippen LogP contribution in [0.25, 0.3) is 0 Å². The summed E-state index contributed by atoms with van der Waals surface area (Å²) in [7, 11) is 0. The maximum atomic E-state index is 12.5. The number of nitrogens with one attached hydrogen (secondary N) is 1. The van der Waals surface area contributed by atoms with Gasteiger partial charge in [0.25, 0.3) is 5.91 Å². The molecule has 3 aromatic rings. The fraction of sp³-hybridized carbons (Fsp3) is 0.227. The maximum absolute atomic E-state index is 12.5. The molecule has 1 aromatic heterocycles. The first-order chi connectivity index (χ1) is 13.1. The molecule has 0 atom stereocenters. The minimum Gasteiger partial charge on any atom is -0.298 e. The lowest BCUT2D eigenvalue weighted by Crippen LogP contribution is -2.11. The molecule has 0 saturated carbocycles. The Kier molecular flexibility index (Phi) is 6.14. The van der Waals surface area contributed by atoms with Gasteiger partial charge in [-0.15, -0.1) is 0 Å². The van der Waals surface area contributed by atoms with Crippen molar-refractivity contribution in [1.82, 2.24) is 4.98 Å². The van der Waals surface area contributed by atoms with Gasteiger partial charge in [-0.3, -0.25) is 14.9 Å². The Bertz CT molecular complexity index is 931. The molecular formula is C22H22N2O2S. The zero-order chi connectivity index (χ0) is 19.2. The zero-order valence-corrected chi connectivity index (χ0v) is 16.3. The van der Waals surface area contributed by atoms with E-state index in [9.17, 15) is 9.59 Å². The smallest absolute Gasteiger partial charge is 0.257 e. The molecule has 0 unspecified atom stereocenters. The molecule has 0 spiro atoms. The van der Waals surface area contributed by atoms with E-state index in [1.807, 2.05) is 49.4 Å². The Balaban J connectivity index is 1.66. The quantitative estimate of drug-likeness (QED) is 0.569. The van der Waals surface area contributed by atoms with E-state index in [0.717, 1.165) is 18.4 Å². The van der Waals surface area contributed by atoms with Crippen molar-refractivity contribution in [3.63, 3.8) is 0 Å². The van der Waals surface area contributed by atoms with Crippen LogP contribution in [0.5, 0.6) is 0 Å². The summed E-state index contributed by atoms with van der Waals surface area (Å²) < 4.78 is 0. The standard InChI is InChI=1S/C22H22N2O2S/c1-3-7-19(25)20-15(2)23-22(27-20)24-21(26)18-12-10-17(11-13-18)14-16-8-5-4-6-9-16/h4-6,8-13H,3,7,14H2,1-2H3,(H,23,24,26). The number of ketones is 1. The van der Waals surface area contributed by atoms with Gasteiger partial charge in [-0.1, -0.05) is 60.7 Å². The molecule has 2 aromatic carbocycles. The first kappa shape index (κ1) is 19.0. The zero-order valence-electron chi connectivity index (χ0n) is 15.5. The van der Waals surface area contributed by atoms with E-state index in [-0.39, 0.29) is 11.7 Å². The van der Waals surface area contributed by atoms with Gasteiger partial charge < -0.3 is 0 Å². The van der Waals surface area contributed by atoms with E-state index >= 15 is 0 Å². The van der Waals surface area contributed by atoms with Gasteiger partial charge in [-0.25, -0.2) is 4.98 Å². The van der Waals surface area contributed by atoms with Crippen LogP contribution in [0.15, 0.2) is 54.6 Å². The fourth-order valence-electron chi connectivity index (χ4n) is 2.82. The molecule has 0 fully saturated rings. The molecule has 0 aliphatic carbocycles. The van der Waals surface area contributed by atoms with Crippen LogP contribution in [0.2, 0.25) is 0 Å². The summed E-state index contributed by atoms with van der Waals surface area (Å²) in [6.07, 6.45) is 2.13. The Labute approximate surface area is 163 Å². The van der Waals surface area contributed by atoms with Gasteiger partial charge in [-0.2, -0.15) is 0 Å². The molecule has 1 amide bonds. The average molecular weight is 378 g/mol. The van der Waals surface area contributed by atoms with E-state index < -0.39 is 0 Å². The molecule has 0 saturated heterocycles. The number of carbonyl (C=O) groups is 2. The van der Waals surface area contributed by atoms with Gasteiger partial charge in [0.15, 0.2) is 10.9 Å². The number of benzene rings is 2. The molecule has 0 aliphatic heterocycles. The minimum absolute atomic E-state index is 0.0817. The average Bonchev–Trinajstić information content (AvgIpc) is 3.03. The molecule has 1 N–H and O–H groups in total. The lowest BCUT2D eigenvalue weighted by Gasteiger charge is -2.05. The third-order valence-electron chi connectivity index (χ3n) is 4.21. The second-order valence-electron chi connectivity index (χ2n) is 6.42. The summed E-state index contributed by atoms with van der Waals surface area (Å²) in [5.41, 5.74) is 3.63. The Morgan fingerprint density at radius 2 is 1.67 bits per heavy atom. The minimum atomic E-state index is -0.218. The number of aromatic nitrogens is 1. The second kappa shape index (κ2) is 8.73. The van der Waals surface area contributed by atoms with E-state index in [4.69, 9.17) is 0 Å². The molecule has 4 nitrogen and oxygen atoms in total. The van der Waals surface area contributed by atoms with Crippen molar-refractivity contribution in [2.24, 2.45) is 0 Å². The molecular weight excluding hydrogens is 356 g/mol. The van der Waals surface area contributed by atoms with Crippen LogP contribution in [0.4, 0.5) is 5.13 Å². The van der Waals surface area contributed by atoms with Crippen molar-refractivity contribution in [1.29, 1.82) is 0 Å². The van der Waals surface area contributed by atoms with Crippen LogP contribution in [-0.2, 0) is 6.42 Å². The molecule has 5 heteroatoms. The highest BCUT2D eigenvalue weighted by molar-refractivity contribution is 7.17. The number of hydrogen-bond donors (Lipinski definition) is 1. The summed E-state index contributed by atoms with van der Waals surface area (Å²) in [5, 5.41) is 3.27. The van der Waals surface area contributed by atoms with Crippen molar-refractivity contribution in [2.45, 2.75) is 33.1 Å². The molecule has 138 valence electrons. The van der Waals surface area contributed by atoms with Gasteiger partial charge in [0, 0.05) is 12.0 Å². The number of hydrogen-bond acceptors (Lipinski definition) is 4. The van der Waals surface area contributed by atoms with E-state index in [1.165, 1.54) is 16.9 Å². The Morgan fingerprint density at radius 1 is 1.00 bits per heavy atom. The van der Waals surface area contributed by atoms with Gasteiger partial charge in [-0.05, 0) is 43.0 Å². The lowest BCUT2D eigenvalue weighted by atomic mass is 10.0. The van der Waals surface area contributed by atoms with Gasteiger partial charge >= 0.3 is 0 Å². The largest absolute Gasteiger partial charge is 0.298 e. The molecule has 1 heterocycles. The summed E-state index contributed by atoms with van der Waals surface area (Å²) in [6.45, 7) is 3.77. The topological polar surface area (TPSA) is 59.1 Å². The van der Waals surface area contributed by atoms with E-state index in [2.05, 4.69) is 22.4 Å². The molecule has 0 radical (unpaired) electrons. The number of amides is 1. The van der Waals surface area contributed by atoms with Crippen LogP contribution in [-0.4, -0.2) is 16.7 Å². The first-order valence-corrected chi connectivity index (χ1v) is 9.83. The van der Waals surface area contributed by atoms with Crippen LogP contribution >= 0.6 is 11.3 Å². The fourth-order valence-corrected chi connectivity index (χ4v) is 3.75. The number of nitrogens with zero attached hydrogens (tertiary/aromatic N) is 1. The van der Waals surface area contributed by atoms with Crippen molar-refractivity contribution in [2.75, 3.05) is 5.32 Å². The summed E-state index contributed by atoms with van der Waals surface area (Å²) >= 11 is 1.24. The van der Waals surface area contributed by atoms with Crippen molar-refractivity contribution < 1.29 is 9.59 Å². The summed E-state index contributed by atoms with van der Waals surface area (Å²) in [4.78, 5) is 29.5. The van der Waals surface area contributed by atoms with Crippen molar-refractivity contribution in [3.05, 3.63) is 81.9 Å². The summed E-state index contributed by atoms with van der Waals surface area (Å²) in [5.74, 6) is -0.136.